The smallest absolute Gasteiger partial charge is 0.306 e. The molecule has 0 atom stereocenters. The van der Waals surface area contributed by atoms with Crippen LogP contribution >= 0.6 is 11.8 Å². The Kier molecular flexibility index (Phi) is 7.00. The number of esters is 1. The van der Waals surface area contributed by atoms with Crippen LogP contribution in [-0.2, 0) is 15.3 Å². The topological polar surface area (TPSA) is 52.3 Å². The maximum absolute atomic E-state index is 10.9. The third-order valence-corrected chi connectivity index (χ3v) is 3.24. The number of thioether (sulfide) groups is 1. The van der Waals surface area contributed by atoms with Gasteiger partial charge in [0.15, 0.2) is 0 Å². The number of benzene rings is 1. The standard InChI is InChI=1S/C14H17NO2S/c1-17-14(16)7-9-18-11-13-5-2-4-12(10-13)6-3-8-15/h2,4-5,10H,7-9,11,15H2,1H3. The van der Waals surface area contributed by atoms with Gasteiger partial charge in [0.2, 0.25) is 0 Å². The summed E-state index contributed by atoms with van der Waals surface area (Å²) in [5.41, 5.74) is 7.51. The molecule has 2 N–H and O–H groups in total. The molecule has 1 aromatic rings. The number of carbonyl (C=O) groups is 1. The fourth-order valence-corrected chi connectivity index (χ4v) is 2.21. The van der Waals surface area contributed by atoms with Crippen molar-refractivity contribution in [2.24, 2.45) is 5.73 Å². The Hall–Kier alpha value is -1.44. The molecule has 3 nitrogen and oxygen atoms in total. The van der Waals surface area contributed by atoms with Crippen LogP contribution in [0.2, 0.25) is 0 Å². The van der Waals surface area contributed by atoms with Gasteiger partial charge < -0.3 is 10.5 Å². The molecule has 0 aromatic heterocycles. The normalized spacial score (nSPS) is 9.44. The van der Waals surface area contributed by atoms with E-state index in [0.29, 0.717) is 13.0 Å². The highest BCUT2D eigenvalue weighted by atomic mass is 32.2. The lowest BCUT2D eigenvalue weighted by Crippen LogP contribution is -2.01. The quantitative estimate of drug-likeness (QED) is 0.500. The third kappa shape index (κ3) is 5.76. The van der Waals surface area contributed by atoms with Crippen molar-refractivity contribution in [1.82, 2.24) is 0 Å². The molecule has 96 valence electrons. The zero-order valence-corrected chi connectivity index (χ0v) is 11.3. The largest absolute Gasteiger partial charge is 0.469 e. The van der Waals surface area contributed by atoms with Crippen molar-refractivity contribution >= 4 is 17.7 Å². The summed E-state index contributed by atoms with van der Waals surface area (Å²) >= 11 is 1.71. The Labute approximate surface area is 112 Å². The van der Waals surface area contributed by atoms with Crippen LogP contribution in [0.5, 0.6) is 0 Å². The molecule has 0 aliphatic heterocycles. The van der Waals surface area contributed by atoms with Crippen molar-refractivity contribution in [3.63, 3.8) is 0 Å². The average Bonchev–Trinajstić information content (AvgIpc) is 2.41. The lowest BCUT2D eigenvalue weighted by Gasteiger charge is -2.02. The minimum atomic E-state index is -0.162. The van der Waals surface area contributed by atoms with E-state index >= 15 is 0 Å². The van der Waals surface area contributed by atoms with Crippen molar-refractivity contribution in [2.45, 2.75) is 12.2 Å². The molecule has 0 radical (unpaired) electrons. The van der Waals surface area contributed by atoms with E-state index in [2.05, 4.69) is 22.6 Å². The first-order valence-corrected chi connectivity index (χ1v) is 6.84. The van der Waals surface area contributed by atoms with Crippen LogP contribution in [0.4, 0.5) is 0 Å². The summed E-state index contributed by atoms with van der Waals surface area (Å²) < 4.78 is 4.58. The van der Waals surface area contributed by atoms with Gasteiger partial charge in [-0.15, -0.1) is 0 Å². The molecule has 0 aliphatic rings. The molecule has 0 bridgehead atoms. The summed E-state index contributed by atoms with van der Waals surface area (Å²) in [7, 11) is 1.41. The number of hydrogen-bond acceptors (Lipinski definition) is 4. The van der Waals surface area contributed by atoms with Gasteiger partial charge in [-0.3, -0.25) is 4.79 Å². The van der Waals surface area contributed by atoms with E-state index in [1.165, 1.54) is 12.7 Å². The van der Waals surface area contributed by atoms with Gasteiger partial charge in [-0.1, -0.05) is 24.0 Å². The first kappa shape index (κ1) is 14.6. The highest BCUT2D eigenvalue weighted by Crippen LogP contribution is 2.14. The van der Waals surface area contributed by atoms with Crippen molar-refractivity contribution in [3.05, 3.63) is 35.4 Å². The molecule has 0 unspecified atom stereocenters. The third-order valence-electron chi connectivity index (χ3n) is 2.21. The summed E-state index contributed by atoms with van der Waals surface area (Å²) in [4.78, 5) is 10.9. The number of hydrogen-bond donors (Lipinski definition) is 1. The van der Waals surface area contributed by atoms with Crippen LogP contribution in [0.1, 0.15) is 17.5 Å². The van der Waals surface area contributed by atoms with E-state index in [9.17, 15) is 4.79 Å². The molecule has 0 spiro atoms. The second-order valence-corrected chi connectivity index (χ2v) is 4.69. The molecule has 0 saturated heterocycles. The Balaban J connectivity index is 2.40. The highest BCUT2D eigenvalue weighted by molar-refractivity contribution is 7.98. The van der Waals surface area contributed by atoms with Crippen molar-refractivity contribution in [2.75, 3.05) is 19.4 Å². The molecule has 0 heterocycles. The van der Waals surface area contributed by atoms with Crippen molar-refractivity contribution in [1.29, 1.82) is 0 Å². The second kappa shape index (κ2) is 8.62. The predicted molar refractivity (Wildman–Crippen MR) is 75.2 cm³/mol. The van der Waals surface area contributed by atoms with Gasteiger partial charge in [0.1, 0.15) is 0 Å². The maximum Gasteiger partial charge on any atom is 0.306 e. The summed E-state index contributed by atoms with van der Waals surface area (Å²) in [6.07, 6.45) is 0.452. The van der Waals surface area contributed by atoms with E-state index in [1.807, 2.05) is 18.2 Å². The Morgan fingerprint density at radius 3 is 3.06 bits per heavy atom. The Morgan fingerprint density at radius 2 is 2.33 bits per heavy atom. The van der Waals surface area contributed by atoms with E-state index in [1.54, 1.807) is 11.8 Å². The van der Waals surface area contributed by atoms with Gasteiger partial charge in [-0.05, 0) is 17.7 Å². The molecule has 18 heavy (non-hydrogen) atoms. The monoisotopic (exact) mass is 263 g/mol. The van der Waals surface area contributed by atoms with E-state index < -0.39 is 0 Å². The van der Waals surface area contributed by atoms with E-state index in [0.717, 1.165) is 17.1 Å². The minimum absolute atomic E-state index is 0.162. The molecular formula is C14H17NO2S. The van der Waals surface area contributed by atoms with Gasteiger partial charge >= 0.3 is 5.97 Å². The molecule has 4 heteroatoms. The first-order valence-electron chi connectivity index (χ1n) is 5.68. The Bertz CT molecular complexity index is 449. The van der Waals surface area contributed by atoms with E-state index in [-0.39, 0.29) is 5.97 Å². The zero-order chi connectivity index (χ0) is 13.2. The lowest BCUT2D eigenvalue weighted by atomic mass is 10.1. The van der Waals surface area contributed by atoms with Gasteiger partial charge in [0, 0.05) is 17.1 Å². The van der Waals surface area contributed by atoms with Gasteiger partial charge in [0.05, 0.1) is 20.1 Å². The van der Waals surface area contributed by atoms with Gasteiger partial charge in [-0.2, -0.15) is 11.8 Å². The number of carbonyl (C=O) groups excluding carboxylic acids is 1. The van der Waals surface area contributed by atoms with Crippen LogP contribution in [0.3, 0.4) is 0 Å². The zero-order valence-electron chi connectivity index (χ0n) is 10.4. The van der Waals surface area contributed by atoms with Gasteiger partial charge in [-0.25, -0.2) is 0 Å². The minimum Gasteiger partial charge on any atom is -0.469 e. The summed E-state index contributed by atoms with van der Waals surface area (Å²) in [5, 5.41) is 0. The van der Waals surface area contributed by atoms with Crippen LogP contribution in [0, 0.1) is 11.8 Å². The number of nitrogens with two attached hydrogens (primary N) is 1. The van der Waals surface area contributed by atoms with Crippen LogP contribution in [-0.4, -0.2) is 25.4 Å². The molecule has 0 saturated carbocycles. The molecule has 1 rings (SSSR count). The molecule has 0 aliphatic carbocycles. The first-order chi connectivity index (χ1) is 8.76. The number of ether oxygens (including phenoxy) is 1. The average molecular weight is 263 g/mol. The molecular weight excluding hydrogens is 246 g/mol. The Morgan fingerprint density at radius 1 is 1.50 bits per heavy atom. The fourth-order valence-electron chi connectivity index (χ4n) is 1.34. The summed E-state index contributed by atoms with van der Waals surface area (Å²) in [6.45, 7) is 0.373. The van der Waals surface area contributed by atoms with E-state index in [4.69, 9.17) is 5.73 Å². The lowest BCUT2D eigenvalue weighted by molar-refractivity contribution is -0.140. The summed E-state index contributed by atoms with van der Waals surface area (Å²) in [5.74, 6) is 7.31. The van der Waals surface area contributed by atoms with Crippen LogP contribution < -0.4 is 5.73 Å². The van der Waals surface area contributed by atoms with Crippen molar-refractivity contribution < 1.29 is 9.53 Å². The molecule has 0 amide bonds. The van der Waals surface area contributed by atoms with Crippen LogP contribution in [0.15, 0.2) is 24.3 Å². The van der Waals surface area contributed by atoms with Gasteiger partial charge in [0.25, 0.3) is 0 Å². The second-order valence-electron chi connectivity index (χ2n) is 3.58. The molecule has 1 aromatic carbocycles. The predicted octanol–water partition coefficient (Wildman–Crippen LogP) is 1.79. The molecule has 0 fully saturated rings. The maximum atomic E-state index is 10.9. The van der Waals surface area contributed by atoms with Crippen LogP contribution in [0.25, 0.3) is 0 Å². The SMILES string of the molecule is COC(=O)CCSCc1cccc(C#CCN)c1. The summed E-state index contributed by atoms with van der Waals surface area (Å²) in [6, 6.07) is 8.05. The number of methoxy groups -OCH3 is 1. The highest BCUT2D eigenvalue weighted by Gasteiger charge is 2.00. The fraction of sp³-hybridized carbons (Fsp3) is 0.357. The van der Waals surface area contributed by atoms with Crippen molar-refractivity contribution in [3.8, 4) is 11.8 Å². The number of rotatable bonds is 5.